The zero-order chi connectivity index (χ0) is 18.9. The third-order valence-electron chi connectivity index (χ3n) is 5.51. The Kier molecular flexibility index (Phi) is 4.70. The molecule has 1 heterocycles. The number of benzene rings is 2. The van der Waals surface area contributed by atoms with E-state index in [9.17, 15) is 14.7 Å². The first-order valence-corrected chi connectivity index (χ1v) is 9.49. The van der Waals surface area contributed by atoms with Gasteiger partial charge in [0, 0.05) is 0 Å². The van der Waals surface area contributed by atoms with Crippen molar-refractivity contribution in [3.63, 3.8) is 0 Å². The van der Waals surface area contributed by atoms with E-state index in [2.05, 4.69) is 0 Å². The molecular weight excluding hydrogens is 342 g/mol. The summed E-state index contributed by atoms with van der Waals surface area (Å²) in [6.07, 6.45) is 4.76. The summed E-state index contributed by atoms with van der Waals surface area (Å²) in [5.41, 5.74) is 0.994. The van der Waals surface area contributed by atoms with Crippen LogP contribution in [-0.2, 0) is 5.60 Å². The molecule has 4 rings (SSSR count). The zero-order valence-electron chi connectivity index (χ0n) is 15.2. The largest absolute Gasteiger partial charge is 0.492 e. The summed E-state index contributed by atoms with van der Waals surface area (Å²) in [5.74, 6) is 0.0945. The van der Waals surface area contributed by atoms with E-state index in [0.717, 1.165) is 31.2 Å². The first-order chi connectivity index (χ1) is 13.1. The van der Waals surface area contributed by atoms with Gasteiger partial charge in [0.05, 0.1) is 23.3 Å². The second-order valence-electron chi connectivity index (χ2n) is 7.28. The molecule has 5 nitrogen and oxygen atoms in total. The van der Waals surface area contributed by atoms with E-state index in [1.807, 2.05) is 24.3 Å². The Labute approximate surface area is 158 Å². The van der Waals surface area contributed by atoms with Gasteiger partial charge in [-0.1, -0.05) is 43.5 Å². The third kappa shape index (κ3) is 3.35. The summed E-state index contributed by atoms with van der Waals surface area (Å²) in [5, 5.41) is 10.9. The van der Waals surface area contributed by atoms with E-state index >= 15 is 0 Å². The molecular formula is C22H23NO4. The Hall–Kier alpha value is -2.66. The number of ether oxygens (including phenoxy) is 1. The molecule has 0 unspecified atom stereocenters. The summed E-state index contributed by atoms with van der Waals surface area (Å²) in [6.45, 7) is 0.411. The lowest BCUT2D eigenvalue weighted by atomic mass is 9.80. The van der Waals surface area contributed by atoms with Crippen LogP contribution in [0.15, 0.2) is 48.5 Å². The van der Waals surface area contributed by atoms with Crippen LogP contribution in [0.25, 0.3) is 0 Å². The number of amides is 2. The van der Waals surface area contributed by atoms with Crippen LogP contribution in [0.2, 0.25) is 0 Å². The number of aliphatic hydroxyl groups is 1. The van der Waals surface area contributed by atoms with Gasteiger partial charge in [0.2, 0.25) is 0 Å². The van der Waals surface area contributed by atoms with Gasteiger partial charge in [-0.05, 0) is 42.7 Å². The summed E-state index contributed by atoms with van der Waals surface area (Å²) in [6, 6.07) is 14.4. The molecule has 140 valence electrons. The normalized spacial score (nSPS) is 18.5. The number of rotatable bonds is 5. The summed E-state index contributed by atoms with van der Waals surface area (Å²) in [7, 11) is 0. The first-order valence-electron chi connectivity index (χ1n) is 9.49. The highest BCUT2D eigenvalue weighted by atomic mass is 16.5. The van der Waals surface area contributed by atoms with Crippen molar-refractivity contribution in [2.75, 3.05) is 13.2 Å². The average Bonchev–Trinajstić information content (AvgIpc) is 2.94. The van der Waals surface area contributed by atoms with Crippen molar-refractivity contribution >= 4 is 11.8 Å². The van der Waals surface area contributed by atoms with Crippen LogP contribution in [0.3, 0.4) is 0 Å². The first kappa shape index (κ1) is 17.7. The lowest BCUT2D eigenvalue weighted by Gasteiger charge is -2.32. The number of hydrogen-bond acceptors (Lipinski definition) is 4. The fourth-order valence-electron chi connectivity index (χ4n) is 4.00. The van der Waals surface area contributed by atoms with Gasteiger partial charge < -0.3 is 9.84 Å². The maximum absolute atomic E-state index is 12.4. The lowest BCUT2D eigenvalue weighted by molar-refractivity contribution is -0.000830. The second kappa shape index (κ2) is 7.16. The van der Waals surface area contributed by atoms with Crippen LogP contribution in [-0.4, -0.2) is 35.0 Å². The topological polar surface area (TPSA) is 66.8 Å². The maximum atomic E-state index is 12.4. The Balaban J connectivity index is 1.40. The van der Waals surface area contributed by atoms with Gasteiger partial charge in [0.1, 0.15) is 12.4 Å². The molecule has 1 aliphatic heterocycles. The minimum atomic E-state index is -0.778. The van der Waals surface area contributed by atoms with E-state index < -0.39 is 5.60 Å². The summed E-state index contributed by atoms with van der Waals surface area (Å²) in [4.78, 5) is 26.0. The Morgan fingerprint density at radius 2 is 1.59 bits per heavy atom. The Bertz CT molecular complexity index is 835. The number of imide groups is 1. The molecule has 0 saturated heterocycles. The minimum Gasteiger partial charge on any atom is -0.492 e. The van der Waals surface area contributed by atoms with Crippen LogP contribution in [0.5, 0.6) is 5.75 Å². The number of carbonyl (C=O) groups is 2. The molecule has 0 aromatic heterocycles. The highest BCUT2D eigenvalue weighted by Crippen LogP contribution is 2.38. The standard InChI is InChI=1S/C22H23NO4/c24-20-18-9-2-3-10-19(18)21(25)23(20)13-14-27-17-8-6-7-16(15-17)22(26)11-4-1-5-12-22/h2-3,6-10,15,26H,1,4-5,11-14H2. The van der Waals surface area contributed by atoms with E-state index in [1.165, 1.54) is 11.3 Å². The van der Waals surface area contributed by atoms with Crippen molar-refractivity contribution in [3.05, 3.63) is 65.2 Å². The molecule has 0 bridgehead atoms. The zero-order valence-corrected chi connectivity index (χ0v) is 15.2. The van der Waals surface area contributed by atoms with Gasteiger partial charge >= 0.3 is 0 Å². The molecule has 2 amide bonds. The SMILES string of the molecule is O=C1c2ccccc2C(=O)N1CCOc1cccc(C2(O)CCCCC2)c1. The molecule has 2 aromatic carbocycles. The number of fused-ring (bicyclic) bond motifs is 1. The van der Waals surface area contributed by atoms with Crippen LogP contribution < -0.4 is 4.74 Å². The van der Waals surface area contributed by atoms with Gasteiger partial charge in [-0.25, -0.2) is 0 Å². The van der Waals surface area contributed by atoms with E-state index in [-0.39, 0.29) is 25.0 Å². The highest BCUT2D eigenvalue weighted by molar-refractivity contribution is 6.21. The van der Waals surface area contributed by atoms with Crippen LogP contribution in [0.1, 0.15) is 58.4 Å². The fraction of sp³-hybridized carbons (Fsp3) is 0.364. The van der Waals surface area contributed by atoms with Crippen LogP contribution in [0.4, 0.5) is 0 Å². The molecule has 1 aliphatic carbocycles. The predicted molar refractivity (Wildman–Crippen MR) is 101 cm³/mol. The van der Waals surface area contributed by atoms with Gasteiger partial charge in [0.15, 0.2) is 0 Å². The van der Waals surface area contributed by atoms with Crippen LogP contribution in [0, 0.1) is 0 Å². The smallest absolute Gasteiger partial charge is 0.261 e. The van der Waals surface area contributed by atoms with E-state index in [1.54, 1.807) is 24.3 Å². The monoisotopic (exact) mass is 365 g/mol. The van der Waals surface area contributed by atoms with Crippen molar-refractivity contribution in [1.82, 2.24) is 4.90 Å². The van der Waals surface area contributed by atoms with Crippen molar-refractivity contribution in [2.45, 2.75) is 37.7 Å². The molecule has 0 spiro atoms. The number of carbonyl (C=O) groups excluding carboxylic acids is 2. The van der Waals surface area contributed by atoms with Gasteiger partial charge in [-0.2, -0.15) is 0 Å². The lowest BCUT2D eigenvalue weighted by Crippen LogP contribution is -2.33. The Morgan fingerprint density at radius 1 is 0.926 bits per heavy atom. The maximum Gasteiger partial charge on any atom is 0.261 e. The minimum absolute atomic E-state index is 0.195. The van der Waals surface area contributed by atoms with Crippen LogP contribution >= 0.6 is 0 Å². The molecule has 5 heteroatoms. The fourth-order valence-corrected chi connectivity index (χ4v) is 4.00. The average molecular weight is 365 g/mol. The molecule has 1 fully saturated rings. The van der Waals surface area contributed by atoms with Gasteiger partial charge in [-0.15, -0.1) is 0 Å². The van der Waals surface area contributed by atoms with E-state index in [4.69, 9.17) is 4.74 Å². The second-order valence-corrected chi connectivity index (χ2v) is 7.28. The van der Waals surface area contributed by atoms with Gasteiger partial charge in [-0.3, -0.25) is 14.5 Å². The molecule has 1 saturated carbocycles. The van der Waals surface area contributed by atoms with Crippen molar-refractivity contribution in [1.29, 1.82) is 0 Å². The number of hydrogen-bond donors (Lipinski definition) is 1. The molecule has 27 heavy (non-hydrogen) atoms. The third-order valence-corrected chi connectivity index (χ3v) is 5.51. The van der Waals surface area contributed by atoms with E-state index in [0.29, 0.717) is 16.9 Å². The van der Waals surface area contributed by atoms with Gasteiger partial charge in [0.25, 0.3) is 11.8 Å². The summed E-state index contributed by atoms with van der Waals surface area (Å²) < 4.78 is 5.78. The van der Waals surface area contributed by atoms with Crippen molar-refractivity contribution < 1.29 is 19.4 Å². The Morgan fingerprint density at radius 3 is 2.26 bits per heavy atom. The molecule has 2 aliphatic rings. The summed E-state index contributed by atoms with van der Waals surface area (Å²) >= 11 is 0. The molecule has 0 radical (unpaired) electrons. The van der Waals surface area contributed by atoms with Crippen molar-refractivity contribution in [2.24, 2.45) is 0 Å². The predicted octanol–water partition coefficient (Wildman–Crippen LogP) is 3.51. The highest BCUT2D eigenvalue weighted by Gasteiger charge is 2.35. The molecule has 0 atom stereocenters. The molecule has 1 N–H and O–H groups in total. The molecule has 2 aromatic rings. The number of nitrogens with zero attached hydrogens (tertiary/aromatic N) is 1. The van der Waals surface area contributed by atoms with Crippen molar-refractivity contribution in [3.8, 4) is 5.75 Å². The quantitative estimate of drug-likeness (QED) is 0.824.